The Hall–Kier alpha value is -3.75. The van der Waals surface area contributed by atoms with Crippen LogP contribution >= 0.6 is 23.4 Å². The third-order valence-electron chi connectivity index (χ3n) is 5.97. The molecular formula is C28H26ClFN2O9S-4. The highest BCUT2D eigenvalue weighted by atomic mass is 35.5. The largest absolute Gasteiger partial charge is 0.545 e. The zero-order valence-corrected chi connectivity index (χ0v) is 23.6. The maximum Gasteiger partial charge on any atom is 0.124 e. The molecule has 11 nitrogen and oxygen atoms in total. The smallest absolute Gasteiger partial charge is 0.124 e. The fourth-order valence-electron chi connectivity index (χ4n) is 4.15. The molecule has 1 fully saturated rings. The number of carbonyl (C=O) groups excluding carboxylic acids is 4. The molecule has 1 saturated heterocycles. The highest BCUT2D eigenvalue weighted by Crippen LogP contribution is 2.43. The molecule has 0 saturated carbocycles. The summed E-state index contributed by atoms with van der Waals surface area (Å²) in [7, 11) is 0. The Kier molecular flexibility index (Phi) is 14.2. The van der Waals surface area contributed by atoms with E-state index in [1.54, 1.807) is 23.9 Å². The minimum absolute atomic E-state index is 0.194. The number of aliphatic hydroxyl groups excluding tert-OH is 1. The third-order valence-corrected chi connectivity index (χ3v) is 7.39. The lowest BCUT2D eigenvalue weighted by atomic mass is 9.96. The van der Waals surface area contributed by atoms with Crippen LogP contribution in [0.1, 0.15) is 17.2 Å². The second-order valence-electron chi connectivity index (χ2n) is 8.80. The Morgan fingerprint density at radius 3 is 1.90 bits per heavy atom. The number of nitrogens with zero attached hydrogens (tertiary/aromatic N) is 2. The molecule has 42 heavy (non-hydrogen) atoms. The van der Waals surface area contributed by atoms with Crippen LogP contribution in [-0.2, 0) is 25.6 Å². The van der Waals surface area contributed by atoms with E-state index in [0.717, 1.165) is 54.0 Å². The summed E-state index contributed by atoms with van der Waals surface area (Å²) in [5.74, 6) is -6.38. The maximum absolute atomic E-state index is 13.9. The second-order valence-corrected chi connectivity index (χ2v) is 10.3. The van der Waals surface area contributed by atoms with Crippen LogP contribution in [0.5, 0.6) is 0 Å². The molecular weight excluding hydrogens is 595 g/mol. The number of aliphatic hydroxyl groups is 1. The topological polar surface area (TPSA) is 187 Å². The molecule has 0 aliphatic carbocycles. The minimum atomic E-state index is -1.55. The summed E-state index contributed by atoms with van der Waals surface area (Å²) >= 11 is 7.87. The predicted octanol–water partition coefficient (Wildman–Crippen LogP) is -2.08. The lowest BCUT2D eigenvalue weighted by Crippen LogP contribution is -2.48. The zero-order chi connectivity index (χ0) is 31.2. The van der Waals surface area contributed by atoms with Gasteiger partial charge in [-0.1, -0.05) is 29.4 Å². The van der Waals surface area contributed by atoms with Crippen molar-refractivity contribution in [1.29, 1.82) is 0 Å². The van der Waals surface area contributed by atoms with Crippen LogP contribution < -0.4 is 20.4 Å². The number of benzene rings is 2. The van der Waals surface area contributed by atoms with Gasteiger partial charge in [0.25, 0.3) is 0 Å². The van der Waals surface area contributed by atoms with Crippen LogP contribution in [0, 0.1) is 5.82 Å². The number of piperazine rings is 1. The van der Waals surface area contributed by atoms with Crippen molar-refractivity contribution in [2.75, 3.05) is 39.3 Å². The van der Waals surface area contributed by atoms with Gasteiger partial charge in [-0.2, -0.15) is 0 Å². The molecule has 4 rings (SSSR count). The summed E-state index contributed by atoms with van der Waals surface area (Å²) in [5.41, 5.74) is 2.42. The fourth-order valence-corrected chi connectivity index (χ4v) is 5.49. The van der Waals surface area contributed by atoms with Crippen molar-refractivity contribution in [1.82, 2.24) is 9.80 Å². The van der Waals surface area contributed by atoms with Gasteiger partial charge in [-0.3, -0.25) is 9.80 Å². The van der Waals surface area contributed by atoms with Crippen molar-refractivity contribution in [3.63, 3.8) is 0 Å². The number of carboxylic acids is 4. The van der Waals surface area contributed by atoms with Gasteiger partial charge in [0.05, 0.1) is 30.5 Å². The van der Waals surface area contributed by atoms with Crippen LogP contribution in [0.2, 0.25) is 5.02 Å². The Labute approximate surface area is 250 Å². The fraction of sp³-hybridized carbons (Fsp3) is 0.286. The first kappa shape index (κ1) is 34.5. The Morgan fingerprint density at radius 2 is 1.40 bits per heavy atom. The van der Waals surface area contributed by atoms with E-state index in [0.29, 0.717) is 24.3 Å². The van der Waals surface area contributed by atoms with Crippen molar-refractivity contribution >= 4 is 47.2 Å². The molecule has 2 aromatic rings. The number of carboxylic acid groups (broad SMARTS) is 4. The summed E-state index contributed by atoms with van der Waals surface area (Å²) in [5, 5.41) is 47.6. The number of fused-ring (bicyclic) bond motifs is 2. The summed E-state index contributed by atoms with van der Waals surface area (Å²) in [4.78, 5) is 44.6. The van der Waals surface area contributed by atoms with E-state index >= 15 is 0 Å². The molecule has 2 aliphatic heterocycles. The molecule has 0 amide bonds. The third kappa shape index (κ3) is 12.0. The second kappa shape index (κ2) is 17.3. The molecule has 1 N–H and O–H groups in total. The number of aliphatic carboxylic acids is 4. The first-order chi connectivity index (χ1) is 19.9. The molecule has 2 heterocycles. The highest BCUT2D eigenvalue weighted by molar-refractivity contribution is 7.99. The van der Waals surface area contributed by atoms with E-state index in [1.165, 1.54) is 11.1 Å². The van der Waals surface area contributed by atoms with Gasteiger partial charge in [0.2, 0.25) is 0 Å². The summed E-state index contributed by atoms with van der Waals surface area (Å²) in [6.45, 7) is 4.72. The number of rotatable bonds is 7. The van der Waals surface area contributed by atoms with Gasteiger partial charge in [-0.15, -0.1) is 0 Å². The molecule has 1 atom stereocenters. The number of β-amino-alcohol motifs (C(OH)–C–C–N with tert-alkyl or cyclic N) is 1. The molecule has 2 aliphatic rings. The quantitative estimate of drug-likeness (QED) is 0.333. The Morgan fingerprint density at radius 1 is 0.857 bits per heavy atom. The van der Waals surface area contributed by atoms with Crippen LogP contribution in [0.3, 0.4) is 0 Å². The molecule has 1 unspecified atom stereocenters. The molecule has 0 spiro atoms. The van der Waals surface area contributed by atoms with Crippen molar-refractivity contribution in [3.8, 4) is 0 Å². The molecule has 0 bridgehead atoms. The van der Waals surface area contributed by atoms with Crippen molar-refractivity contribution in [3.05, 3.63) is 82.7 Å². The highest BCUT2D eigenvalue weighted by Gasteiger charge is 2.30. The van der Waals surface area contributed by atoms with Gasteiger partial charge < -0.3 is 44.7 Å². The van der Waals surface area contributed by atoms with E-state index in [4.69, 9.17) is 16.7 Å². The van der Waals surface area contributed by atoms with Crippen LogP contribution in [0.15, 0.2) is 70.5 Å². The van der Waals surface area contributed by atoms with Crippen LogP contribution in [0.4, 0.5) is 4.39 Å². The minimum Gasteiger partial charge on any atom is -0.545 e. The van der Waals surface area contributed by atoms with Gasteiger partial charge in [0, 0.05) is 53.6 Å². The maximum atomic E-state index is 13.9. The van der Waals surface area contributed by atoms with Gasteiger partial charge in [-0.05, 0) is 72.2 Å². The first-order valence-corrected chi connectivity index (χ1v) is 13.6. The Bertz CT molecular complexity index is 1260. The van der Waals surface area contributed by atoms with E-state index in [2.05, 4.69) is 9.80 Å². The number of carbonyl (C=O) groups is 4. The van der Waals surface area contributed by atoms with E-state index in [1.807, 2.05) is 24.3 Å². The molecule has 0 radical (unpaired) electrons. The molecule has 0 aromatic heterocycles. The average Bonchev–Trinajstić information content (AvgIpc) is 3.08. The van der Waals surface area contributed by atoms with Crippen LogP contribution in [-0.4, -0.2) is 78.1 Å². The van der Waals surface area contributed by atoms with Gasteiger partial charge in [0.1, 0.15) is 5.82 Å². The SMILES string of the molecule is O=C([O-])/C=C\C(=O)[O-].O=C([O-])/C=C\C(=O)[O-].OCCN1CCN(C2Cc3cc(Cl)ccc3Sc3cc(F)ccc32)CC1. The van der Waals surface area contributed by atoms with Crippen molar-refractivity contribution in [2.24, 2.45) is 0 Å². The summed E-state index contributed by atoms with van der Waals surface area (Å²) < 4.78 is 13.9. The van der Waals surface area contributed by atoms with Gasteiger partial charge in [-0.25, -0.2) is 4.39 Å². The van der Waals surface area contributed by atoms with Gasteiger partial charge >= 0.3 is 0 Å². The van der Waals surface area contributed by atoms with Gasteiger partial charge in [0.15, 0.2) is 0 Å². The molecule has 14 heteroatoms. The molecule has 226 valence electrons. The number of halogens is 2. The van der Waals surface area contributed by atoms with Crippen LogP contribution in [0.25, 0.3) is 0 Å². The Balaban J connectivity index is 0.000000319. The van der Waals surface area contributed by atoms with Crippen molar-refractivity contribution < 1.29 is 49.1 Å². The molecule has 2 aromatic carbocycles. The summed E-state index contributed by atoms with van der Waals surface area (Å²) in [6.07, 6.45) is 2.41. The number of hydrogen-bond acceptors (Lipinski definition) is 12. The monoisotopic (exact) mass is 620 g/mol. The normalized spacial score (nSPS) is 16.7. The van der Waals surface area contributed by atoms with Crippen molar-refractivity contribution in [2.45, 2.75) is 22.3 Å². The van der Waals surface area contributed by atoms with E-state index in [9.17, 15) is 44.0 Å². The standard InChI is InChI=1S/C20H22ClFN2OS.2C4H4O4/c21-15-1-4-19-14(11-15)12-18(17-3-2-16(22)13-20(17)26-19)24-7-5-23(6-8-24)9-10-25;2*5-3(6)1-2-4(7)8/h1-4,11,13,18,25H,5-10,12H2;2*1-2H,(H,5,6)(H,7,8)/p-4/b;2*2-1-. The summed E-state index contributed by atoms with van der Waals surface area (Å²) in [6, 6.07) is 11.4. The predicted molar refractivity (Wildman–Crippen MR) is 142 cm³/mol. The zero-order valence-electron chi connectivity index (χ0n) is 22.1. The van der Waals surface area contributed by atoms with E-state index < -0.39 is 23.9 Å². The lowest BCUT2D eigenvalue weighted by Gasteiger charge is -2.39. The first-order valence-electron chi connectivity index (χ1n) is 12.4. The number of hydrogen-bond donors (Lipinski definition) is 1. The van der Waals surface area contributed by atoms with E-state index in [-0.39, 0.29) is 18.5 Å². The average molecular weight is 621 g/mol. The lowest BCUT2D eigenvalue weighted by molar-refractivity contribution is -0.301.